The molecule has 0 saturated carbocycles. The standard InChI is InChI=1S/C39H56N10O5/c1-23(2)18-33(43-3)38(53)47-30(14-8-16-40)36(51)46-31(15-9-17-41)37(52)49-34(20-25-22-45-29-13-7-5-11-27(25)29)39(54)48-32(35(42)50)19-24-21-44-28-12-6-4-10-26(24)28/h4-7,10-13,21-23,30-34,43-45H,8-9,14-20,40-41H2,1-3H3,(H2,42,50)(H,46,51)(H,47,53)(H,48,54)(H,49,52)/t30-,31-,32-,33-,34-/m0/s1. The number of fused-ring (bicyclic) bond motifs is 2. The number of carbonyl (C=O) groups excluding carboxylic acids is 5. The number of carbonyl (C=O) groups is 5. The van der Waals surface area contributed by atoms with E-state index < -0.39 is 53.8 Å². The fraction of sp³-hybridized carbons (Fsp3) is 0.462. The lowest BCUT2D eigenvalue weighted by molar-refractivity contribution is -0.134. The first-order valence-electron chi connectivity index (χ1n) is 18.6. The van der Waals surface area contributed by atoms with Gasteiger partial charge in [0.1, 0.15) is 24.2 Å². The molecule has 0 aliphatic rings. The summed E-state index contributed by atoms with van der Waals surface area (Å²) in [6, 6.07) is 10.3. The van der Waals surface area contributed by atoms with E-state index >= 15 is 0 Å². The van der Waals surface area contributed by atoms with E-state index in [9.17, 15) is 24.0 Å². The molecule has 5 atom stereocenters. The van der Waals surface area contributed by atoms with Gasteiger partial charge in [-0.25, -0.2) is 0 Å². The van der Waals surface area contributed by atoms with Crippen molar-refractivity contribution in [1.82, 2.24) is 36.6 Å². The molecule has 292 valence electrons. The molecule has 0 radical (unpaired) electrons. The van der Waals surface area contributed by atoms with Crippen LogP contribution in [0, 0.1) is 5.92 Å². The number of amides is 5. The Labute approximate surface area is 315 Å². The number of likely N-dealkylation sites (N-methyl/N-ethyl adjacent to an activating group) is 1. The van der Waals surface area contributed by atoms with E-state index in [1.165, 1.54) is 0 Å². The quantitative estimate of drug-likeness (QED) is 0.0554. The van der Waals surface area contributed by atoms with E-state index in [0.29, 0.717) is 25.8 Å². The molecule has 0 fully saturated rings. The van der Waals surface area contributed by atoms with Gasteiger partial charge in [-0.05, 0) is 81.4 Å². The third kappa shape index (κ3) is 11.4. The van der Waals surface area contributed by atoms with Crippen LogP contribution in [0.1, 0.15) is 57.1 Å². The van der Waals surface area contributed by atoms with Crippen molar-refractivity contribution in [2.24, 2.45) is 23.1 Å². The van der Waals surface area contributed by atoms with Gasteiger partial charge in [-0.2, -0.15) is 0 Å². The molecule has 15 heteroatoms. The predicted octanol–water partition coefficient (Wildman–Crippen LogP) is 0.971. The molecule has 0 unspecified atom stereocenters. The molecule has 0 bridgehead atoms. The Kier molecular flexibility index (Phi) is 15.6. The summed E-state index contributed by atoms with van der Waals surface area (Å²) in [6.07, 6.45) is 5.57. The highest BCUT2D eigenvalue weighted by Gasteiger charge is 2.32. The second-order valence-electron chi connectivity index (χ2n) is 14.1. The van der Waals surface area contributed by atoms with Gasteiger partial charge in [-0.15, -0.1) is 0 Å². The van der Waals surface area contributed by atoms with Crippen LogP contribution < -0.4 is 43.8 Å². The van der Waals surface area contributed by atoms with Gasteiger partial charge in [0.2, 0.25) is 29.5 Å². The van der Waals surface area contributed by atoms with E-state index in [4.69, 9.17) is 17.2 Å². The molecule has 5 amide bonds. The highest BCUT2D eigenvalue weighted by molar-refractivity contribution is 5.96. The minimum atomic E-state index is -1.17. The Morgan fingerprint density at radius 1 is 0.611 bits per heavy atom. The Balaban J connectivity index is 1.57. The van der Waals surface area contributed by atoms with Crippen LogP contribution in [0.2, 0.25) is 0 Å². The number of nitrogens with one attached hydrogen (secondary N) is 7. The third-order valence-electron chi connectivity index (χ3n) is 9.52. The summed E-state index contributed by atoms with van der Waals surface area (Å²) >= 11 is 0. The number of rotatable bonds is 22. The molecule has 0 spiro atoms. The van der Waals surface area contributed by atoms with Crippen LogP contribution in [0.25, 0.3) is 21.8 Å². The molecular formula is C39H56N10O5. The van der Waals surface area contributed by atoms with Gasteiger partial charge >= 0.3 is 0 Å². The number of aromatic amines is 2. The van der Waals surface area contributed by atoms with Gasteiger partial charge in [0, 0.05) is 47.0 Å². The highest BCUT2D eigenvalue weighted by Crippen LogP contribution is 2.21. The van der Waals surface area contributed by atoms with Crippen molar-refractivity contribution in [2.45, 2.75) is 89.0 Å². The molecule has 4 aromatic rings. The summed E-state index contributed by atoms with van der Waals surface area (Å²) in [7, 11) is 1.69. The van der Waals surface area contributed by atoms with Crippen LogP contribution in [-0.4, -0.2) is 89.9 Å². The monoisotopic (exact) mass is 744 g/mol. The fourth-order valence-electron chi connectivity index (χ4n) is 6.57. The second-order valence-corrected chi connectivity index (χ2v) is 14.1. The maximum absolute atomic E-state index is 14.1. The maximum Gasteiger partial charge on any atom is 0.243 e. The normalized spacial score (nSPS) is 14.3. The lowest BCUT2D eigenvalue weighted by Gasteiger charge is -2.27. The van der Waals surface area contributed by atoms with Crippen molar-refractivity contribution in [3.05, 3.63) is 72.1 Å². The Morgan fingerprint density at radius 3 is 1.46 bits per heavy atom. The van der Waals surface area contributed by atoms with E-state index in [2.05, 4.69) is 36.6 Å². The van der Waals surface area contributed by atoms with E-state index in [1.807, 2.05) is 62.4 Å². The number of benzene rings is 2. The number of aromatic nitrogens is 2. The van der Waals surface area contributed by atoms with Crippen LogP contribution in [-0.2, 0) is 36.8 Å². The smallest absolute Gasteiger partial charge is 0.243 e. The average Bonchev–Trinajstić information content (AvgIpc) is 3.76. The molecular weight excluding hydrogens is 688 g/mol. The van der Waals surface area contributed by atoms with Crippen molar-refractivity contribution in [3.8, 4) is 0 Å². The van der Waals surface area contributed by atoms with Crippen LogP contribution in [0.5, 0.6) is 0 Å². The molecule has 0 saturated heterocycles. The third-order valence-corrected chi connectivity index (χ3v) is 9.52. The van der Waals surface area contributed by atoms with Crippen LogP contribution in [0.15, 0.2) is 60.9 Å². The van der Waals surface area contributed by atoms with Crippen molar-refractivity contribution >= 4 is 51.3 Å². The molecule has 15 nitrogen and oxygen atoms in total. The summed E-state index contributed by atoms with van der Waals surface area (Å²) in [5.41, 5.74) is 20.6. The highest BCUT2D eigenvalue weighted by atomic mass is 16.2. The van der Waals surface area contributed by atoms with Crippen molar-refractivity contribution in [3.63, 3.8) is 0 Å². The molecule has 54 heavy (non-hydrogen) atoms. The van der Waals surface area contributed by atoms with Gasteiger partial charge < -0.3 is 53.8 Å². The number of primary amides is 1. The largest absolute Gasteiger partial charge is 0.368 e. The van der Waals surface area contributed by atoms with Crippen LogP contribution >= 0.6 is 0 Å². The lowest BCUT2D eigenvalue weighted by atomic mass is 10.0. The van der Waals surface area contributed by atoms with Crippen molar-refractivity contribution in [1.29, 1.82) is 0 Å². The Hall–Kier alpha value is -5.25. The van der Waals surface area contributed by atoms with Crippen LogP contribution in [0.3, 0.4) is 0 Å². The van der Waals surface area contributed by atoms with Crippen molar-refractivity contribution < 1.29 is 24.0 Å². The number of para-hydroxylation sites is 2. The summed E-state index contributed by atoms with van der Waals surface area (Å²) in [4.78, 5) is 74.2. The zero-order chi connectivity index (χ0) is 39.2. The van der Waals surface area contributed by atoms with E-state index in [0.717, 1.165) is 32.9 Å². The summed E-state index contributed by atoms with van der Waals surface area (Å²) in [5.74, 6) is -2.65. The van der Waals surface area contributed by atoms with E-state index in [1.54, 1.807) is 19.4 Å². The zero-order valence-electron chi connectivity index (χ0n) is 31.4. The first-order chi connectivity index (χ1) is 25.9. The molecule has 13 N–H and O–H groups in total. The molecule has 0 aliphatic heterocycles. The first-order valence-corrected chi connectivity index (χ1v) is 18.6. The SMILES string of the molecule is CN[C@@H](CC(C)C)C(=O)N[C@@H](CCCN)C(=O)N[C@@H](CCCN)C(=O)N[C@@H](Cc1c[nH]c2ccccc12)C(=O)N[C@@H](Cc1c[nH]c2ccccc12)C(N)=O. The second kappa shape index (κ2) is 20.3. The zero-order valence-corrected chi connectivity index (χ0v) is 31.4. The number of hydrogen-bond acceptors (Lipinski definition) is 8. The Morgan fingerprint density at radius 2 is 1.02 bits per heavy atom. The van der Waals surface area contributed by atoms with Gasteiger partial charge in [0.25, 0.3) is 0 Å². The van der Waals surface area contributed by atoms with E-state index in [-0.39, 0.29) is 44.1 Å². The van der Waals surface area contributed by atoms with Gasteiger partial charge in [0.15, 0.2) is 0 Å². The van der Waals surface area contributed by atoms with Gasteiger partial charge in [-0.1, -0.05) is 50.2 Å². The molecule has 4 rings (SSSR count). The molecule has 0 aliphatic carbocycles. The molecule has 2 aromatic carbocycles. The number of H-pyrrole nitrogens is 2. The average molecular weight is 745 g/mol. The van der Waals surface area contributed by atoms with Gasteiger partial charge in [-0.3, -0.25) is 24.0 Å². The van der Waals surface area contributed by atoms with Crippen molar-refractivity contribution in [2.75, 3.05) is 20.1 Å². The minimum Gasteiger partial charge on any atom is -0.368 e. The first kappa shape index (κ1) is 41.5. The Bertz CT molecular complexity index is 1870. The maximum atomic E-state index is 14.1. The van der Waals surface area contributed by atoms with Crippen LogP contribution in [0.4, 0.5) is 0 Å². The number of hydrogen-bond donors (Lipinski definition) is 10. The van der Waals surface area contributed by atoms with Gasteiger partial charge in [0.05, 0.1) is 6.04 Å². The topological polar surface area (TPSA) is 255 Å². The molecule has 2 heterocycles. The fourth-order valence-corrected chi connectivity index (χ4v) is 6.57. The lowest BCUT2D eigenvalue weighted by Crippen LogP contribution is -2.59. The summed E-state index contributed by atoms with van der Waals surface area (Å²) in [5, 5.41) is 16.0. The predicted molar refractivity (Wildman–Crippen MR) is 210 cm³/mol. The molecule has 2 aromatic heterocycles. The summed E-state index contributed by atoms with van der Waals surface area (Å²) < 4.78 is 0. The minimum absolute atomic E-state index is 0.0636. The summed E-state index contributed by atoms with van der Waals surface area (Å²) in [6.45, 7) is 4.55. The number of nitrogens with two attached hydrogens (primary N) is 3.